The average molecular weight is 303 g/mol. The van der Waals surface area contributed by atoms with Crippen molar-refractivity contribution in [1.29, 1.82) is 0 Å². The maximum Gasteiger partial charge on any atom is 0.245 e. The summed E-state index contributed by atoms with van der Waals surface area (Å²) in [6.07, 6.45) is 1.52. The van der Waals surface area contributed by atoms with E-state index in [1.54, 1.807) is 6.07 Å². The zero-order chi connectivity index (χ0) is 15.0. The molecule has 1 aromatic rings. The van der Waals surface area contributed by atoms with Gasteiger partial charge in [0.05, 0.1) is 18.9 Å². The fourth-order valence-electron chi connectivity index (χ4n) is 1.69. The number of pyridine rings is 1. The highest BCUT2D eigenvalue weighted by Crippen LogP contribution is 2.18. The maximum absolute atomic E-state index is 12.6. The first-order chi connectivity index (χ1) is 9.57. The van der Waals surface area contributed by atoms with Crippen LogP contribution < -0.4 is 5.73 Å². The zero-order valence-electron chi connectivity index (χ0n) is 11.8. The van der Waals surface area contributed by atoms with Gasteiger partial charge in [0.2, 0.25) is 10.0 Å². The molecule has 0 aromatic carbocycles. The highest BCUT2D eigenvalue weighted by molar-refractivity contribution is 7.89. The number of nitrogens with zero attached hydrogens (tertiary/aromatic N) is 2. The number of methoxy groups -OCH3 is 2. The molecule has 0 aliphatic carbocycles. The van der Waals surface area contributed by atoms with Gasteiger partial charge in [-0.15, -0.1) is 0 Å². The molecule has 1 heterocycles. The fourth-order valence-corrected chi connectivity index (χ4v) is 3.28. The molecule has 7 nitrogen and oxygen atoms in total. The van der Waals surface area contributed by atoms with E-state index in [1.165, 1.54) is 30.8 Å². The van der Waals surface area contributed by atoms with Gasteiger partial charge in [0.25, 0.3) is 0 Å². The number of aromatic nitrogens is 1. The summed E-state index contributed by atoms with van der Waals surface area (Å²) < 4.78 is 36.5. The van der Waals surface area contributed by atoms with Crippen LogP contribution in [0.5, 0.6) is 0 Å². The first kappa shape index (κ1) is 17.0. The molecule has 0 amide bonds. The van der Waals surface area contributed by atoms with Gasteiger partial charge in [-0.25, -0.2) is 8.42 Å². The third-order valence-corrected chi connectivity index (χ3v) is 4.72. The Bertz CT molecular complexity index is 499. The van der Waals surface area contributed by atoms with Crippen molar-refractivity contribution in [1.82, 2.24) is 9.29 Å². The molecule has 0 radical (unpaired) electrons. The van der Waals surface area contributed by atoms with Crippen LogP contribution in [0.3, 0.4) is 0 Å². The highest BCUT2D eigenvalue weighted by Gasteiger charge is 2.26. The van der Waals surface area contributed by atoms with Crippen molar-refractivity contribution in [3.05, 3.63) is 24.0 Å². The van der Waals surface area contributed by atoms with Crippen LogP contribution >= 0.6 is 0 Å². The van der Waals surface area contributed by atoms with Crippen LogP contribution in [0.1, 0.15) is 5.69 Å². The Kier molecular flexibility index (Phi) is 7.03. The molecule has 0 aliphatic rings. The Hall–Kier alpha value is -1.06. The van der Waals surface area contributed by atoms with E-state index in [4.69, 9.17) is 15.2 Å². The lowest BCUT2D eigenvalue weighted by Crippen LogP contribution is -2.37. The van der Waals surface area contributed by atoms with Crippen LogP contribution in [-0.4, -0.2) is 58.2 Å². The predicted octanol–water partition coefficient (Wildman–Crippen LogP) is -0.176. The third-order valence-electron chi connectivity index (χ3n) is 2.75. The van der Waals surface area contributed by atoms with E-state index < -0.39 is 10.0 Å². The van der Waals surface area contributed by atoms with E-state index in [-0.39, 0.29) is 24.5 Å². The van der Waals surface area contributed by atoms with E-state index in [2.05, 4.69) is 4.98 Å². The first-order valence-electron chi connectivity index (χ1n) is 6.20. The van der Waals surface area contributed by atoms with Crippen LogP contribution in [0.4, 0.5) is 0 Å². The summed E-state index contributed by atoms with van der Waals surface area (Å²) in [5, 5.41) is 0. The second kappa shape index (κ2) is 8.28. The van der Waals surface area contributed by atoms with Crippen LogP contribution in [0.15, 0.2) is 23.2 Å². The van der Waals surface area contributed by atoms with E-state index in [9.17, 15) is 8.42 Å². The lowest BCUT2D eigenvalue weighted by atomic mass is 10.3. The van der Waals surface area contributed by atoms with Crippen LogP contribution in [-0.2, 0) is 26.0 Å². The Morgan fingerprint density at radius 2 is 1.85 bits per heavy atom. The Labute approximate surface area is 119 Å². The highest BCUT2D eigenvalue weighted by atomic mass is 32.2. The smallest absolute Gasteiger partial charge is 0.245 e. The molecule has 0 aliphatic heterocycles. The van der Waals surface area contributed by atoms with Gasteiger partial charge in [0.1, 0.15) is 4.90 Å². The van der Waals surface area contributed by atoms with E-state index in [0.29, 0.717) is 18.9 Å². The normalized spacial score (nSPS) is 12.0. The number of ether oxygens (including phenoxy) is 2. The molecular weight excluding hydrogens is 282 g/mol. The quantitative estimate of drug-likeness (QED) is 0.680. The molecule has 0 unspecified atom stereocenters. The molecule has 0 fully saturated rings. The molecule has 0 atom stereocenters. The molecule has 0 bridgehead atoms. The number of hydrogen-bond acceptors (Lipinski definition) is 6. The molecule has 114 valence electrons. The Morgan fingerprint density at radius 1 is 1.25 bits per heavy atom. The van der Waals surface area contributed by atoms with Gasteiger partial charge in [0.15, 0.2) is 0 Å². The molecule has 0 spiro atoms. The number of hydrogen-bond donors (Lipinski definition) is 1. The van der Waals surface area contributed by atoms with Crippen molar-refractivity contribution in [2.75, 3.05) is 40.5 Å². The summed E-state index contributed by atoms with van der Waals surface area (Å²) in [6, 6.07) is 3.09. The average Bonchev–Trinajstić information content (AvgIpc) is 2.47. The van der Waals surface area contributed by atoms with Gasteiger partial charge in [-0.2, -0.15) is 4.31 Å². The van der Waals surface area contributed by atoms with Crippen molar-refractivity contribution in [3.63, 3.8) is 0 Å². The molecule has 1 aromatic heterocycles. The van der Waals surface area contributed by atoms with Crippen molar-refractivity contribution in [3.8, 4) is 0 Å². The summed E-state index contributed by atoms with van der Waals surface area (Å²) in [4.78, 5) is 4.15. The number of rotatable bonds is 9. The van der Waals surface area contributed by atoms with E-state index in [0.717, 1.165) is 0 Å². The molecule has 20 heavy (non-hydrogen) atoms. The monoisotopic (exact) mass is 303 g/mol. The summed E-state index contributed by atoms with van der Waals surface area (Å²) in [7, 11) is -0.609. The summed E-state index contributed by atoms with van der Waals surface area (Å²) in [6.45, 7) is 1.18. The fraction of sp³-hybridized carbons (Fsp3) is 0.583. The van der Waals surface area contributed by atoms with E-state index in [1.807, 2.05) is 0 Å². The minimum Gasteiger partial charge on any atom is -0.383 e. The summed E-state index contributed by atoms with van der Waals surface area (Å²) in [5.41, 5.74) is 5.91. The van der Waals surface area contributed by atoms with Gasteiger partial charge in [0, 0.05) is 40.1 Å². The Balaban J connectivity index is 3.07. The molecule has 8 heteroatoms. The summed E-state index contributed by atoms with van der Waals surface area (Å²) in [5.74, 6) is 0. The molecular formula is C12H21N3O4S. The maximum atomic E-state index is 12.6. The van der Waals surface area contributed by atoms with Gasteiger partial charge < -0.3 is 15.2 Å². The number of nitrogens with two attached hydrogens (primary N) is 1. The van der Waals surface area contributed by atoms with Crippen LogP contribution in [0.25, 0.3) is 0 Å². The minimum absolute atomic E-state index is 0.0673. The second-order valence-corrected chi connectivity index (χ2v) is 5.95. The van der Waals surface area contributed by atoms with E-state index >= 15 is 0 Å². The minimum atomic E-state index is -3.66. The van der Waals surface area contributed by atoms with Crippen LogP contribution in [0.2, 0.25) is 0 Å². The SMILES string of the molecule is COCCN(CCOC)S(=O)(=O)c1cccnc1CN. The van der Waals surface area contributed by atoms with Crippen LogP contribution in [0, 0.1) is 0 Å². The van der Waals surface area contributed by atoms with Gasteiger partial charge >= 0.3 is 0 Å². The van der Waals surface area contributed by atoms with Gasteiger partial charge in [-0.1, -0.05) is 0 Å². The molecule has 2 N–H and O–H groups in total. The van der Waals surface area contributed by atoms with Gasteiger partial charge in [-0.05, 0) is 12.1 Å². The van der Waals surface area contributed by atoms with Gasteiger partial charge in [-0.3, -0.25) is 4.98 Å². The molecule has 0 saturated heterocycles. The lowest BCUT2D eigenvalue weighted by molar-refractivity contribution is 0.150. The lowest BCUT2D eigenvalue weighted by Gasteiger charge is -2.22. The van der Waals surface area contributed by atoms with Crippen molar-refractivity contribution in [2.45, 2.75) is 11.4 Å². The first-order valence-corrected chi connectivity index (χ1v) is 7.64. The van der Waals surface area contributed by atoms with Crippen molar-refractivity contribution < 1.29 is 17.9 Å². The second-order valence-electron chi connectivity index (χ2n) is 4.04. The van der Waals surface area contributed by atoms with Crippen molar-refractivity contribution in [2.24, 2.45) is 5.73 Å². The predicted molar refractivity (Wildman–Crippen MR) is 74.6 cm³/mol. The topological polar surface area (TPSA) is 94.8 Å². The summed E-state index contributed by atoms with van der Waals surface area (Å²) >= 11 is 0. The largest absolute Gasteiger partial charge is 0.383 e. The molecule has 1 rings (SSSR count). The zero-order valence-corrected chi connectivity index (χ0v) is 12.6. The Morgan fingerprint density at radius 3 is 2.35 bits per heavy atom. The third kappa shape index (κ3) is 4.22. The number of sulfonamides is 1. The standard InChI is InChI=1S/C12H21N3O4S/c1-18-8-6-15(7-9-19-2)20(16,17)12-4-3-5-14-11(12)10-13/h3-5H,6-10,13H2,1-2H3. The molecule has 0 saturated carbocycles. The van der Waals surface area contributed by atoms with Crippen molar-refractivity contribution >= 4 is 10.0 Å².